The highest BCUT2D eigenvalue weighted by Crippen LogP contribution is 2.20. The molecule has 2 aromatic rings. The van der Waals surface area contributed by atoms with E-state index < -0.39 is 0 Å². The van der Waals surface area contributed by atoms with Crippen LogP contribution in [0.4, 0.5) is 0 Å². The molecule has 0 spiro atoms. The summed E-state index contributed by atoms with van der Waals surface area (Å²) in [6.07, 6.45) is 3.46. The summed E-state index contributed by atoms with van der Waals surface area (Å²) in [6.45, 7) is 6.14. The van der Waals surface area contributed by atoms with Crippen molar-refractivity contribution in [2.24, 2.45) is 0 Å². The standard InChI is InChI=1S/C17H22N2O2/c1-4-5-6-13-7-9-14(10-8-13)21-16-11-15(20)18-17(19-16)12(2)3/h7-12H,4-6H2,1-3H3,(H,18,19,20). The van der Waals surface area contributed by atoms with Gasteiger partial charge in [0.1, 0.15) is 11.6 Å². The number of unbranched alkanes of at least 4 members (excludes halogenated alkanes) is 1. The molecule has 1 aromatic carbocycles. The van der Waals surface area contributed by atoms with Crippen LogP contribution in [0.2, 0.25) is 0 Å². The summed E-state index contributed by atoms with van der Waals surface area (Å²) in [5, 5.41) is 0. The minimum absolute atomic E-state index is 0.151. The second-order valence-electron chi connectivity index (χ2n) is 5.47. The Morgan fingerprint density at radius 2 is 1.95 bits per heavy atom. The molecule has 0 bridgehead atoms. The third-order valence-electron chi connectivity index (χ3n) is 3.25. The van der Waals surface area contributed by atoms with Crippen LogP contribution in [0, 0.1) is 0 Å². The molecule has 1 aromatic heterocycles. The first-order chi connectivity index (χ1) is 10.1. The van der Waals surface area contributed by atoms with Gasteiger partial charge in [-0.1, -0.05) is 39.3 Å². The van der Waals surface area contributed by atoms with E-state index >= 15 is 0 Å². The zero-order valence-electron chi connectivity index (χ0n) is 12.8. The minimum Gasteiger partial charge on any atom is -0.439 e. The second kappa shape index (κ2) is 7.07. The fourth-order valence-electron chi connectivity index (χ4n) is 2.00. The summed E-state index contributed by atoms with van der Waals surface area (Å²) >= 11 is 0. The lowest BCUT2D eigenvalue weighted by molar-refractivity contribution is 0.455. The van der Waals surface area contributed by atoms with Crippen molar-refractivity contribution >= 4 is 0 Å². The van der Waals surface area contributed by atoms with E-state index in [4.69, 9.17) is 4.74 Å². The molecular weight excluding hydrogens is 264 g/mol. The summed E-state index contributed by atoms with van der Waals surface area (Å²) in [7, 11) is 0. The highest BCUT2D eigenvalue weighted by atomic mass is 16.5. The van der Waals surface area contributed by atoms with E-state index in [1.807, 2.05) is 26.0 Å². The van der Waals surface area contributed by atoms with Gasteiger partial charge in [0.2, 0.25) is 5.88 Å². The zero-order chi connectivity index (χ0) is 15.2. The first kappa shape index (κ1) is 15.3. The third-order valence-corrected chi connectivity index (χ3v) is 3.25. The van der Waals surface area contributed by atoms with E-state index in [0.717, 1.165) is 6.42 Å². The number of rotatable bonds is 6. The molecule has 0 saturated carbocycles. The largest absolute Gasteiger partial charge is 0.439 e. The van der Waals surface area contributed by atoms with Crippen molar-refractivity contribution in [3.05, 3.63) is 52.1 Å². The van der Waals surface area contributed by atoms with Gasteiger partial charge in [-0.25, -0.2) is 0 Å². The van der Waals surface area contributed by atoms with Crippen LogP contribution in [0.15, 0.2) is 35.1 Å². The van der Waals surface area contributed by atoms with Gasteiger partial charge in [0.05, 0.1) is 6.07 Å². The molecule has 0 atom stereocenters. The molecule has 0 aliphatic carbocycles. The first-order valence-electron chi connectivity index (χ1n) is 7.46. The highest BCUT2D eigenvalue weighted by Gasteiger charge is 2.07. The molecule has 0 fully saturated rings. The molecule has 1 heterocycles. The third kappa shape index (κ3) is 4.45. The lowest BCUT2D eigenvalue weighted by Gasteiger charge is -2.08. The van der Waals surface area contributed by atoms with Crippen LogP contribution in [0.5, 0.6) is 11.6 Å². The smallest absolute Gasteiger partial charge is 0.254 e. The Labute approximate surface area is 125 Å². The van der Waals surface area contributed by atoms with Crippen molar-refractivity contribution in [3.8, 4) is 11.6 Å². The van der Waals surface area contributed by atoms with E-state index in [-0.39, 0.29) is 11.5 Å². The predicted molar refractivity (Wildman–Crippen MR) is 84.1 cm³/mol. The van der Waals surface area contributed by atoms with Crippen molar-refractivity contribution in [1.82, 2.24) is 9.97 Å². The van der Waals surface area contributed by atoms with Crippen LogP contribution in [0.3, 0.4) is 0 Å². The Hall–Kier alpha value is -2.10. The first-order valence-corrected chi connectivity index (χ1v) is 7.46. The molecule has 0 amide bonds. The number of hydrogen-bond acceptors (Lipinski definition) is 3. The molecule has 1 N–H and O–H groups in total. The molecular formula is C17H22N2O2. The van der Waals surface area contributed by atoms with Crippen molar-refractivity contribution in [2.75, 3.05) is 0 Å². The van der Waals surface area contributed by atoms with Crippen molar-refractivity contribution in [2.45, 2.75) is 46.0 Å². The Morgan fingerprint density at radius 1 is 1.24 bits per heavy atom. The van der Waals surface area contributed by atoms with E-state index in [2.05, 4.69) is 29.0 Å². The number of aromatic nitrogens is 2. The number of nitrogens with one attached hydrogen (secondary N) is 1. The van der Waals surface area contributed by atoms with Crippen molar-refractivity contribution in [3.63, 3.8) is 0 Å². The van der Waals surface area contributed by atoms with E-state index in [9.17, 15) is 4.79 Å². The average molecular weight is 286 g/mol. The minimum atomic E-state index is -0.191. The molecule has 21 heavy (non-hydrogen) atoms. The van der Waals surface area contributed by atoms with Crippen LogP contribution in [-0.4, -0.2) is 9.97 Å². The quantitative estimate of drug-likeness (QED) is 0.872. The molecule has 0 radical (unpaired) electrons. The van der Waals surface area contributed by atoms with Crippen LogP contribution >= 0.6 is 0 Å². The van der Waals surface area contributed by atoms with Crippen LogP contribution < -0.4 is 10.3 Å². The van der Waals surface area contributed by atoms with Crippen LogP contribution in [0.1, 0.15) is 50.9 Å². The predicted octanol–water partition coefficient (Wildman–Crippen LogP) is 4.03. The number of ether oxygens (including phenoxy) is 1. The van der Waals surface area contributed by atoms with Gasteiger partial charge in [0, 0.05) is 5.92 Å². The monoisotopic (exact) mass is 286 g/mol. The zero-order valence-corrected chi connectivity index (χ0v) is 12.8. The van der Waals surface area contributed by atoms with E-state index in [1.165, 1.54) is 24.5 Å². The fourth-order valence-corrected chi connectivity index (χ4v) is 2.00. The summed E-state index contributed by atoms with van der Waals surface area (Å²) < 4.78 is 5.68. The summed E-state index contributed by atoms with van der Waals surface area (Å²) in [4.78, 5) is 18.6. The van der Waals surface area contributed by atoms with Gasteiger partial charge >= 0.3 is 0 Å². The second-order valence-corrected chi connectivity index (χ2v) is 5.47. The van der Waals surface area contributed by atoms with Gasteiger partial charge in [-0.2, -0.15) is 4.98 Å². The maximum absolute atomic E-state index is 11.6. The van der Waals surface area contributed by atoms with Crippen molar-refractivity contribution in [1.29, 1.82) is 0 Å². The molecule has 0 saturated heterocycles. The van der Waals surface area contributed by atoms with E-state index in [1.54, 1.807) is 0 Å². The molecule has 4 heteroatoms. The number of aryl methyl sites for hydroxylation is 1. The number of hydrogen-bond donors (Lipinski definition) is 1. The molecule has 0 aliphatic heterocycles. The Morgan fingerprint density at radius 3 is 2.57 bits per heavy atom. The highest BCUT2D eigenvalue weighted by molar-refractivity contribution is 5.30. The maximum atomic E-state index is 11.6. The number of aromatic amines is 1. The Kier molecular flexibility index (Phi) is 5.14. The number of benzene rings is 1. The van der Waals surface area contributed by atoms with Gasteiger partial charge in [0.15, 0.2) is 0 Å². The number of nitrogens with zero attached hydrogens (tertiary/aromatic N) is 1. The lowest BCUT2D eigenvalue weighted by atomic mass is 10.1. The SMILES string of the molecule is CCCCc1ccc(Oc2cc(=O)[nH]c(C(C)C)n2)cc1. The molecule has 0 aliphatic rings. The number of H-pyrrole nitrogens is 1. The van der Waals surface area contributed by atoms with Crippen LogP contribution in [-0.2, 0) is 6.42 Å². The van der Waals surface area contributed by atoms with Gasteiger partial charge in [-0.15, -0.1) is 0 Å². The maximum Gasteiger partial charge on any atom is 0.254 e. The summed E-state index contributed by atoms with van der Waals surface area (Å²) in [5.41, 5.74) is 1.11. The summed E-state index contributed by atoms with van der Waals surface area (Å²) in [5.74, 6) is 1.82. The Balaban J connectivity index is 2.12. The van der Waals surface area contributed by atoms with Gasteiger partial charge in [0.25, 0.3) is 5.56 Å². The normalized spacial score (nSPS) is 10.9. The molecule has 4 nitrogen and oxygen atoms in total. The summed E-state index contributed by atoms with van der Waals surface area (Å²) in [6, 6.07) is 9.33. The van der Waals surface area contributed by atoms with E-state index in [0.29, 0.717) is 17.5 Å². The Bertz CT molecular complexity index is 630. The lowest BCUT2D eigenvalue weighted by Crippen LogP contribution is -2.11. The van der Waals surface area contributed by atoms with Gasteiger partial charge in [-0.05, 0) is 30.5 Å². The fraction of sp³-hybridized carbons (Fsp3) is 0.412. The van der Waals surface area contributed by atoms with Crippen molar-refractivity contribution < 1.29 is 4.74 Å². The molecule has 112 valence electrons. The molecule has 2 rings (SSSR count). The van der Waals surface area contributed by atoms with Crippen LogP contribution in [0.25, 0.3) is 0 Å². The van der Waals surface area contributed by atoms with Gasteiger partial charge < -0.3 is 9.72 Å². The topological polar surface area (TPSA) is 55.0 Å². The average Bonchev–Trinajstić information content (AvgIpc) is 2.46. The van der Waals surface area contributed by atoms with Gasteiger partial charge in [-0.3, -0.25) is 4.79 Å². The molecule has 0 unspecified atom stereocenters.